The zero-order valence-corrected chi connectivity index (χ0v) is 11.6. The summed E-state index contributed by atoms with van der Waals surface area (Å²) in [5.41, 5.74) is 6.13. The minimum Gasteiger partial charge on any atom is -0.396 e. The molecule has 108 valence electrons. The molecule has 1 amide bonds. The number of benzene rings is 1. The number of nitrogen functional groups attached to an aromatic ring is 1. The molecule has 3 rings (SSSR count). The molecule has 1 saturated carbocycles. The van der Waals surface area contributed by atoms with Crippen molar-refractivity contribution in [3.05, 3.63) is 29.6 Å². The first kappa shape index (κ1) is 13.4. The molecule has 4 heteroatoms. The first-order valence-corrected chi connectivity index (χ1v) is 7.53. The first-order valence-electron chi connectivity index (χ1n) is 7.53. The number of amides is 1. The van der Waals surface area contributed by atoms with E-state index < -0.39 is 5.82 Å². The van der Waals surface area contributed by atoms with Crippen LogP contribution in [0.1, 0.15) is 48.9 Å². The lowest BCUT2D eigenvalue weighted by Gasteiger charge is -2.44. The van der Waals surface area contributed by atoms with E-state index in [2.05, 4.69) is 0 Å². The highest BCUT2D eigenvalue weighted by Gasteiger charge is 2.35. The maximum absolute atomic E-state index is 13.2. The average molecular weight is 276 g/mol. The predicted octanol–water partition coefficient (Wildman–Crippen LogP) is 3.20. The van der Waals surface area contributed by atoms with Crippen LogP contribution in [0.5, 0.6) is 0 Å². The van der Waals surface area contributed by atoms with Crippen LogP contribution in [-0.4, -0.2) is 23.4 Å². The van der Waals surface area contributed by atoms with Crippen LogP contribution in [-0.2, 0) is 0 Å². The van der Waals surface area contributed by atoms with Gasteiger partial charge in [0.05, 0.1) is 5.69 Å². The molecule has 2 aliphatic rings. The Bertz CT molecular complexity index is 515. The molecule has 2 fully saturated rings. The van der Waals surface area contributed by atoms with E-state index in [1.807, 2.05) is 4.90 Å². The SMILES string of the molecule is Nc1cc(C(=O)N2CCC[C@H]3CCCC[C@H]32)ccc1F. The van der Waals surface area contributed by atoms with E-state index in [4.69, 9.17) is 5.73 Å². The largest absolute Gasteiger partial charge is 0.396 e. The summed E-state index contributed by atoms with van der Waals surface area (Å²) in [6.45, 7) is 0.817. The molecule has 1 heterocycles. The zero-order chi connectivity index (χ0) is 14.1. The van der Waals surface area contributed by atoms with E-state index >= 15 is 0 Å². The van der Waals surface area contributed by atoms with Gasteiger partial charge in [0.1, 0.15) is 5.82 Å². The van der Waals surface area contributed by atoms with E-state index in [-0.39, 0.29) is 11.6 Å². The smallest absolute Gasteiger partial charge is 0.254 e. The Morgan fingerprint density at radius 2 is 1.95 bits per heavy atom. The Balaban J connectivity index is 1.83. The Hall–Kier alpha value is -1.58. The number of likely N-dealkylation sites (tertiary alicyclic amines) is 1. The predicted molar refractivity (Wildman–Crippen MR) is 76.8 cm³/mol. The summed E-state index contributed by atoms with van der Waals surface area (Å²) in [7, 11) is 0. The molecule has 1 aliphatic heterocycles. The van der Waals surface area contributed by atoms with Crippen molar-refractivity contribution in [1.82, 2.24) is 4.90 Å². The lowest BCUT2D eigenvalue weighted by Crippen LogP contribution is -2.49. The molecule has 3 nitrogen and oxygen atoms in total. The molecule has 0 radical (unpaired) electrons. The van der Waals surface area contributed by atoms with Gasteiger partial charge >= 0.3 is 0 Å². The van der Waals surface area contributed by atoms with Gasteiger partial charge in [-0.15, -0.1) is 0 Å². The van der Waals surface area contributed by atoms with Crippen molar-refractivity contribution < 1.29 is 9.18 Å². The fraction of sp³-hybridized carbons (Fsp3) is 0.562. The number of piperidine rings is 1. The molecule has 0 spiro atoms. The topological polar surface area (TPSA) is 46.3 Å². The quantitative estimate of drug-likeness (QED) is 0.801. The van der Waals surface area contributed by atoms with E-state index in [0.717, 1.165) is 19.4 Å². The van der Waals surface area contributed by atoms with E-state index in [1.165, 1.54) is 37.8 Å². The third kappa shape index (κ3) is 2.39. The third-order valence-electron chi connectivity index (χ3n) is 4.75. The number of nitrogens with two attached hydrogens (primary N) is 1. The van der Waals surface area contributed by atoms with Gasteiger partial charge < -0.3 is 10.6 Å². The van der Waals surface area contributed by atoms with Crippen molar-refractivity contribution in [3.8, 4) is 0 Å². The minimum atomic E-state index is -0.462. The molecule has 0 unspecified atom stereocenters. The first-order chi connectivity index (χ1) is 9.66. The zero-order valence-electron chi connectivity index (χ0n) is 11.6. The standard InChI is InChI=1S/C16H21FN2O/c17-13-8-7-12(10-14(13)18)16(20)19-9-3-5-11-4-1-2-6-15(11)19/h7-8,10-11,15H,1-6,9,18H2/t11-,15-/m1/s1. The number of anilines is 1. The molecule has 1 aromatic carbocycles. The van der Waals surface area contributed by atoms with Crippen molar-refractivity contribution >= 4 is 11.6 Å². The number of halogens is 1. The van der Waals surface area contributed by atoms with Crippen LogP contribution in [0, 0.1) is 11.7 Å². The number of rotatable bonds is 1. The highest BCUT2D eigenvalue weighted by Crippen LogP contribution is 2.36. The summed E-state index contributed by atoms with van der Waals surface area (Å²) in [6, 6.07) is 4.66. The Morgan fingerprint density at radius 3 is 2.75 bits per heavy atom. The summed E-state index contributed by atoms with van der Waals surface area (Å²) in [4.78, 5) is 14.7. The number of carbonyl (C=O) groups is 1. The van der Waals surface area contributed by atoms with Crippen LogP contribution < -0.4 is 5.73 Å². The van der Waals surface area contributed by atoms with Crippen LogP contribution in [0.3, 0.4) is 0 Å². The van der Waals surface area contributed by atoms with Gasteiger partial charge in [0.2, 0.25) is 0 Å². The van der Waals surface area contributed by atoms with Crippen molar-refractivity contribution in [2.75, 3.05) is 12.3 Å². The van der Waals surface area contributed by atoms with Gasteiger partial charge in [-0.3, -0.25) is 4.79 Å². The number of fused-ring (bicyclic) bond motifs is 1. The maximum Gasteiger partial charge on any atom is 0.254 e. The highest BCUT2D eigenvalue weighted by atomic mass is 19.1. The van der Waals surface area contributed by atoms with E-state index in [9.17, 15) is 9.18 Å². The molecular formula is C16H21FN2O. The second-order valence-corrected chi connectivity index (χ2v) is 5.99. The molecule has 2 N–H and O–H groups in total. The summed E-state index contributed by atoms with van der Waals surface area (Å²) in [5.74, 6) is 0.197. The second kappa shape index (κ2) is 5.43. The normalized spacial score (nSPS) is 26.1. The van der Waals surface area contributed by atoms with E-state index in [1.54, 1.807) is 6.07 Å². The van der Waals surface area contributed by atoms with Gasteiger partial charge in [-0.1, -0.05) is 12.8 Å². The molecule has 1 aliphatic carbocycles. The summed E-state index contributed by atoms with van der Waals surface area (Å²) in [6.07, 6.45) is 7.14. The van der Waals surface area contributed by atoms with Crippen molar-refractivity contribution in [3.63, 3.8) is 0 Å². The molecule has 1 aromatic rings. The van der Waals surface area contributed by atoms with Crippen molar-refractivity contribution in [2.24, 2.45) is 5.92 Å². The van der Waals surface area contributed by atoms with Crippen LogP contribution in [0.4, 0.5) is 10.1 Å². The van der Waals surface area contributed by atoms with Gasteiger partial charge in [0.15, 0.2) is 0 Å². The lowest BCUT2D eigenvalue weighted by atomic mass is 9.78. The van der Waals surface area contributed by atoms with Gasteiger partial charge in [-0.25, -0.2) is 4.39 Å². The van der Waals surface area contributed by atoms with Crippen molar-refractivity contribution in [1.29, 1.82) is 0 Å². The van der Waals surface area contributed by atoms with Crippen LogP contribution in [0.25, 0.3) is 0 Å². The van der Waals surface area contributed by atoms with Gasteiger partial charge in [0, 0.05) is 18.2 Å². The molecule has 1 saturated heterocycles. The molecule has 0 aromatic heterocycles. The van der Waals surface area contributed by atoms with Crippen LogP contribution in [0.2, 0.25) is 0 Å². The summed E-state index contributed by atoms with van der Waals surface area (Å²) < 4.78 is 13.2. The lowest BCUT2D eigenvalue weighted by molar-refractivity contribution is 0.0390. The Labute approximate surface area is 118 Å². The molecule has 20 heavy (non-hydrogen) atoms. The number of nitrogens with zero attached hydrogens (tertiary/aromatic N) is 1. The monoisotopic (exact) mass is 276 g/mol. The third-order valence-corrected chi connectivity index (χ3v) is 4.75. The Morgan fingerprint density at radius 1 is 1.20 bits per heavy atom. The fourth-order valence-electron chi connectivity index (χ4n) is 3.72. The maximum atomic E-state index is 13.2. The average Bonchev–Trinajstić information content (AvgIpc) is 2.49. The van der Waals surface area contributed by atoms with Crippen molar-refractivity contribution in [2.45, 2.75) is 44.6 Å². The van der Waals surface area contributed by atoms with Gasteiger partial charge in [-0.05, 0) is 49.8 Å². The number of hydrogen-bond acceptors (Lipinski definition) is 2. The summed E-state index contributed by atoms with van der Waals surface area (Å²) >= 11 is 0. The molecule has 2 atom stereocenters. The van der Waals surface area contributed by atoms with Gasteiger partial charge in [-0.2, -0.15) is 0 Å². The molecular weight excluding hydrogens is 255 g/mol. The fourth-order valence-corrected chi connectivity index (χ4v) is 3.72. The summed E-state index contributed by atoms with van der Waals surface area (Å²) in [5, 5.41) is 0. The highest BCUT2D eigenvalue weighted by molar-refractivity contribution is 5.95. The number of hydrogen-bond donors (Lipinski definition) is 1. The van der Waals surface area contributed by atoms with E-state index in [0.29, 0.717) is 17.5 Å². The Kier molecular flexibility index (Phi) is 3.64. The van der Waals surface area contributed by atoms with Crippen LogP contribution >= 0.6 is 0 Å². The number of carbonyl (C=O) groups excluding carboxylic acids is 1. The second-order valence-electron chi connectivity index (χ2n) is 5.99. The molecule has 0 bridgehead atoms. The minimum absolute atomic E-state index is 0.00769. The van der Waals surface area contributed by atoms with Crippen LogP contribution in [0.15, 0.2) is 18.2 Å². The van der Waals surface area contributed by atoms with Gasteiger partial charge in [0.25, 0.3) is 5.91 Å².